The number of hydrogen-bond donors (Lipinski definition) is 2. The maximum absolute atomic E-state index is 12.1. The summed E-state index contributed by atoms with van der Waals surface area (Å²) < 4.78 is 12.7. The van der Waals surface area contributed by atoms with Gasteiger partial charge in [0.1, 0.15) is 11.6 Å². The van der Waals surface area contributed by atoms with Crippen LogP contribution in [0.15, 0.2) is 35.6 Å². The third-order valence-corrected chi connectivity index (χ3v) is 4.95. The minimum absolute atomic E-state index is 0.0317. The average Bonchev–Trinajstić information content (AvgIpc) is 3.18. The van der Waals surface area contributed by atoms with E-state index in [9.17, 15) is 4.79 Å². The third-order valence-electron chi connectivity index (χ3n) is 4.41. The molecule has 0 radical (unpaired) electrons. The molecule has 0 spiro atoms. The Kier molecular flexibility index (Phi) is 8.48. The van der Waals surface area contributed by atoms with Crippen LogP contribution in [0.1, 0.15) is 12.5 Å². The Bertz CT molecular complexity index is 1010. The highest BCUT2D eigenvalue weighted by Crippen LogP contribution is 2.23. The number of rotatable bonds is 12. The van der Waals surface area contributed by atoms with Crippen molar-refractivity contribution < 1.29 is 14.3 Å². The zero-order valence-electron chi connectivity index (χ0n) is 18.1. The fraction of sp³-hybridized carbons (Fsp3) is 0.429. The Morgan fingerprint density at radius 3 is 2.90 bits per heavy atom. The fourth-order valence-corrected chi connectivity index (χ4v) is 3.28. The third kappa shape index (κ3) is 6.56. The monoisotopic (exact) mass is 444 g/mol. The molecule has 3 aromatic rings. The average molecular weight is 445 g/mol. The number of ether oxygens (including phenoxy) is 2. The summed E-state index contributed by atoms with van der Waals surface area (Å²) in [6.45, 7) is 6.74. The Labute approximate surface area is 185 Å². The summed E-state index contributed by atoms with van der Waals surface area (Å²) in [5.74, 6) is 1.23. The van der Waals surface area contributed by atoms with Gasteiger partial charge in [-0.05, 0) is 37.8 Å². The molecule has 0 bridgehead atoms. The van der Waals surface area contributed by atoms with E-state index in [0.717, 1.165) is 22.4 Å². The molecule has 0 saturated carbocycles. The van der Waals surface area contributed by atoms with Crippen molar-refractivity contribution in [2.24, 2.45) is 0 Å². The van der Waals surface area contributed by atoms with Gasteiger partial charge in [0.2, 0.25) is 0 Å². The summed E-state index contributed by atoms with van der Waals surface area (Å²) in [6.07, 6.45) is 3.67. The van der Waals surface area contributed by atoms with Gasteiger partial charge in [-0.2, -0.15) is 5.10 Å². The first-order valence-electron chi connectivity index (χ1n) is 10.2. The number of aromatic nitrogens is 4. The van der Waals surface area contributed by atoms with Crippen LogP contribution < -0.4 is 15.4 Å². The van der Waals surface area contributed by atoms with Gasteiger partial charge in [0.15, 0.2) is 17.4 Å². The topological polar surface area (TPSA) is 103 Å². The van der Waals surface area contributed by atoms with Gasteiger partial charge in [-0.15, -0.1) is 0 Å². The molecule has 0 atom stereocenters. The van der Waals surface area contributed by atoms with Gasteiger partial charge in [0.05, 0.1) is 24.7 Å². The minimum atomic E-state index is -0.185. The largest absolute Gasteiger partial charge is 0.484 e. The normalized spacial score (nSPS) is 10.9. The van der Waals surface area contributed by atoms with Crippen molar-refractivity contribution in [1.82, 2.24) is 25.1 Å². The lowest BCUT2D eigenvalue weighted by Gasteiger charge is -2.10. The molecule has 0 saturated heterocycles. The van der Waals surface area contributed by atoms with Gasteiger partial charge in [0, 0.05) is 19.7 Å². The first-order chi connectivity index (χ1) is 15.1. The summed E-state index contributed by atoms with van der Waals surface area (Å²) in [5, 5.41) is 12.1. The number of thioether (sulfide) groups is 1. The van der Waals surface area contributed by atoms with Gasteiger partial charge in [0.25, 0.3) is 5.91 Å². The molecule has 2 N–H and O–H groups in total. The molecule has 0 aliphatic rings. The highest BCUT2D eigenvalue weighted by molar-refractivity contribution is 7.98. The summed E-state index contributed by atoms with van der Waals surface area (Å²) in [6, 6.07) is 7.61. The van der Waals surface area contributed by atoms with E-state index in [4.69, 9.17) is 9.47 Å². The summed E-state index contributed by atoms with van der Waals surface area (Å²) in [5.41, 5.74) is 1.81. The molecule has 1 amide bonds. The Hall–Kier alpha value is -2.85. The molecule has 0 aliphatic heterocycles. The van der Waals surface area contributed by atoms with Crippen LogP contribution in [0.5, 0.6) is 5.75 Å². The molecule has 1 aromatic carbocycles. The van der Waals surface area contributed by atoms with Crippen molar-refractivity contribution in [3.8, 4) is 5.75 Å². The lowest BCUT2D eigenvalue weighted by atomic mass is 10.2. The summed E-state index contributed by atoms with van der Waals surface area (Å²) >= 11 is 1.47. The van der Waals surface area contributed by atoms with E-state index in [-0.39, 0.29) is 12.5 Å². The molecule has 0 fully saturated rings. The van der Waals surface area contributed by atoms with Crippen LogP contribution in [-0.4, -0.2) is 64.8 Å². The van der Waals surface area contributed by atoms with Gasteiger partial charge >= 0.3 is 0 Å². The Morgan fingerprint density at radius 2 is 2.13 bits per heavy atom. The van der Waals surface area contributed by atoms with Crippen LogP contribution in [-0.2, 0) is 16.1 Å². The first-order valence-corrected chi connectivity index (χ1v) is 11.4. The number of fused-ring (bicyclic) bond motifs is 1. The Morgan fingerprint density at radius 1 is 1.26 bits per heavy atom. The van der Waals surface area contributed by atoms with Gasteiger partial charge in [-0.3, -0.25) is 4.79 Å². The number of nitrogens with zero attached hydrogens (tertiary/aromatic N) is 4. The van der Waals surface area contributed by atoms with E-state index in [1.54, 1.807) is 10.9 Å². The van der Waals surface area contributed by atoms with E-state index in [1.807, 2.05) is 44.4 Å². The number of hydrogen-bond acceptors (Lipinski definition) is 8. The van der Waals surface area contributed by atoms with Crippen LogP contribution in [0.4, 0.5) is 5.82 Å². The maximum atomic E-state index is 12.1. The van der Waals surface area contributed by atoms with Crippen molar-refractivity contribution in [1.29, 1.82) is 0 Å². The van der Waals surface area contributed by atoms with E-state index in [0.29, 0.717) is 43.8 Å². The van der Waals surface area contributed by atoms with Crippen molar-refractivity contribution in [3.05, 3.63) is 36.0 Å². The highest BCUT2D eigenvalue weighted by Gasteiger charge is 2.13. The van der Waals surface area contributed by atoms with Crippen molar-refractivity contribution in [3.63, 3.8) is 0 Å². The lowest BCUT2D eigenvalue weighted by molar-refractivity contribution is -0.123. The summed E-state index contributed by atoms with van der Waals surface area (Å²) in [7, 11) is 0. The van der Waals surface area contributed by atoms with Crippen LogP contribution in [0, 0.1) is 6.92 Å². The number of carbonyl (C=O) groups excluding carboxylic acids is 1. The van der Waals surface area contributed by atoms with Crippen LogP contribution in [0.25, 0.3) is 11.0 Å². The molecule has 3 rings (SSSR count). The SMILES string of the molecule is CCOCCNc1nc(SC)nc2c1cnn2CCNC(=O)COc1cccc(C)c1. The fourth-order valence-electron chi connectivity index (χ4n) is 2.92. The molecule has 0 unspecified atom stereocenters. The van der Waals surface area contributed by atoms with Crippen molar-refractivity contribution in [2.75, 3.05) is 44.5 Å². The Balaban J connectivity index is 1.56. The van der Waals surface area contributed by atoms with Crippen LogP contribution in [0.2, 0.25) is 0 Å². The van der Waals surface area contributed by atoms with Gasteiger partial charge in [-0.25, -0.2) is 14.6 Å². The predicted molar refractivity (Wildman–Crippen MR) is 122 cm³/mol. The van der Waals surface area contributed by atoms with Crippen molar-refractivity contribution >= 4 is 34.5 Å². The van der Waals surface area contributed by atoms with Crippen LogP contribution >= 0.6 is 11.8 Å². The van der Waals surface area contributed by atoms with Gasteiger partial charge < -0.3 is 20.1 Å². The predicted octanol–water partition coefficient (Wildman–Crippen LogP) is 2.50. The first kappa shape index (κ1) is 22.8. The quantitative estimate of drug-likeness (QED) is 0.250. The molecule has 9 nitrogen and oxygen atoms in total. The zero-order valence-corrected chi connectivity index (χ0v) is 18.9. The molecular weight excluding hydrogens is 416 g/mol. The molecule has 166 valence electrons. The molecular formula is C21H28N6O3S. The zero-order chi connectivity index (χ0) is 22.1. The second-order valence-corrected chi connectivity index (χ2v) is 7.52. The standard InChI is InChI=1S/C21H28N6O3S/c1-4-29-11-9-23-19-17-13-24-27(20(17)26-21(25-19)31-3)10-8-22-18(28)14-30-16-7-5-6-15(2)12-16/h5-7,12-13H,4,8-11,14H2,1-3H3,(H,22,28)(H,23,25,26). The van der Waals surface area contributed by atoms with E-state index < -0.39 is 0 Å². The van der Waals surface area contributed by atoms with Crippen molar-refractivity contribution in [2.45, 2.75) is 25.5 Å². The molecule has 10 heteroatoms. The number of benzene rings is 1. The number of amides is 1. The second-order valence-electron chi connectivity index (χ2n) is 6.74. The number of anilines is 1. The molecule has 2 aromatic heterocycles. The summed E-state index contributed by atoms with van der Waals surface area (Å²) in [4.78, 5) is 21.2. The second kappa shape index (κ2) is 11.5. The van der Waals surface area contributed by atoms with Crippen LogP contribution in [0.3, 0.4) is 0 Å². The minimum Gasteiger partial charge on any atom is -0.484 e. The highest BCUT2D eigenvalue weighted by atomic mass is 32.2. The van der Waals surface area contributed by atoms with E-state index >= 15 is 0 Å². The number of nitrogens with one attached hydrogen (secondary N) is 2. The maximum Gasteiger partial charge on any atom is 0.258 e. The van der Waals surface area contributed by atoms with Gasteiger partial charge in [-0.1, -0.05) is 23.9 Å². The van der Waals surface area contributed by atoms with E-state index in [2.05, 4.69) is 25.7 Å². The number of aryl methyl sites for hydroxylation is 1. The molecule has 31 heavy (non-hydrogen) atoms. The molecule has 2 heterocycles. The number of carbonyl (C=O) groups is 1. The molecule has 0 aliphatic carbocycles. The smallest absolute Gasteiger partial charge is 0.258 e. The lowest BCUT2D eigenvalue weighted by Crippen LogP contribution is -2.31. The van der Waals surface area contributed by atoms with E-state index in [1.165, 1.54) is 11.8 Å².